The summed E-state index contributed by atoms with van der Waals surface area (Å²) >= 11 is 3.74. The van der Waals surface area contributed by atoms with Gasteiger partial charge >= 0.3 is 0 Å². The largest absolute Gasteiger partial charge is 0.493 e. The lowest BCUT2D eigenvalue weighted by Gasteiger charge is -2.20. The van der Waals surface area contributed by atoms with Crippen molar-refractivity contribution in [1.29, 1.82) is 0 Å². The summed E-state index contributed by atoms with van der Waals surface area (Å²) in [5, 5.41) is 7.14. The Morgan fingerprint density at radius 1 is 0.723 bits per heavy atom. The van der Waals surface area contributed by atoms with E-state index >= 15 is 0 Å². The van der Waals surface area contributed by atoms with Gasteiger partial charge in [0.25, 0.3) is 0 Å². The van der Waals surface area contributed by atoms with Crippen molar-refractivity contribution >= 4 is 72.0 Å². The number of ether oxygens (including phenoxy) is 1. The molecule has 1 atom stereocenters. The van der Waals surface area contributed by atoms with E-state index in [4.69, 9.17) is 9.72 Å². The molecule has 1 heterocycles. The average molecular weight is 689 g/mol. The number of fused-ring (bicyclic) bond motifs is 7. The number of unbranched alkanes of at least 4 members (excludes halogenated alkanes) is 8. The van der Waals surface area contributed by atoms with Gasteiger partial charge < -0.3 is 9.72 Å². The lowest BCUT2D eigenvalue weighted by atomic mass is 9.72. The number of rotatable bonds is 17. The number of benzene rings is 5. The lowest BCUT2D eigenvalue weighted by molar-refractivity contribution is 0.225. The summed E-state index contributed by atoms with van der Waals surface area (Å²) in [5.41, 5.74) is 4.32. The molecule has 6 aromatic rings. The van der Waals surface area contributed by atoms with Gasteiger partial charge in [0, 0.05) is 15.2 Å². The number of imidazole rings is 1. The maximum absolute atomic E-state index is 6.87. The Labute approximate surface area is 290 Å². The van der Waals surface area contributed by atoms with Crippen LogP contribution in [0.2, 0.25) is 6.82 Å². The van der Waals surface area contributed by atoms with E-state index in [2.05, 4.69) is 122 Å². The molecule has 5 heteroatoms. The zero-order valence-corrected chi connectivity index (χ0v) is 30.1. The first-order valence-corrected chi connectivity index (χ1v) is 18.9. The number of nitrogens with one attached hydrogen (secondary N) is 1. The standard InChI is InChI=1S/C42H49BBrN2O/c1-4-6-8-10-11-13-17-29(16-12-9-7-5-2)28-47-38-25-20-30-18-14-15-19-33(30)39(38)42-45-40-36-26-31(43-3)21-23-34(36)35-24-22-32(44)27-37(35)41(40)46-42/h14-15,18-27,29H,4-13,16-17,28H2,1-3H3,(H,45,46). The van der Waals surface area contributed by atoms with E-state index < -0.39 is 0 Å². The lowest BCUT2D eigenvalue weighted by Crippen LogP contribution is -2.13. The smallest absolute Gasteiger partial charge is 0.148 e. The van der Waals surface area contributed by atoms with Crippen molar-refractivity contribution in [3.8, 4) is 17.1 Å². The van der Waals surface area contributed by atoms with Gasteiger partial charge in [-0.3, -0.25) is 0 Å². The Kier molecular flexibility index (Phi) is 11.6. The molecule has 0 amide bonds. The normalized spacial score (nSPS) is 12.4. The summed E-state index contributed by atoms with van der Waals surface area (Å²) in [4.78, 5) is 9.21. The van der Waals surface area contributed by atoms with Gasteiger partial charge in [-0.1, -0.05) is 161 Å². The maximum atomic E-state index is 6.87. The molecule has 0 aliphatic rings. The Morgan fingerprint density at radius 3 is 2.21 bits per heavy atom. The SMILES string of the molecule is C[B]c1ccc2c3ccc(Br)cc3c3[nH]c(-c4c(OCC(CCCCCC)CCCCCCCC)ccc5ccccc45)nc3c2c1. The summed E-state index contributed by atoms with van der Waals surface area (Å²) in [6, 6.07) is 26.3. The minimum absolute atomic E-state index is 0.571. The number of aromatic nitrogens is 2. The molecule has 0 fully saturated rings. The third-order valence-electron chi connectivity index (χ3n) is 9.91. The van der Waals surface area contributed by atoms with E-state index in [-0.39, 0.29) is 0 Å². The molecular formula is C42H49BBrN2O. The third-order valence-corrected chi connectivity index (χ3v) is 10.4. The Balaban J connectivity index is 1.39. The van der Waals surface area contributed by atoms with Gasteiger partial charge in [-0.25, -0.2) is 4.98 Å². The van der Waals surface area contributed by atoms with Crippen molar-refractivity contribution in [1.82, 2.24) is 9.97 Å². The monoisotopic (exact) mass is 687 g/mol. The Hall–Kier alpha value is -3.31. The molecule has 0 spiro atoms. The van der Waals surface area contributed by atoms with Crippen molar-refractivity contribution in [2.45, 2.75) is 97.7 Å². The topological polar surface area (TPSA) is 37.9 Å². The molecule has 0 bridgehead atoms. The van der Waals surface area contributed by atoms with Crippen LogP contribution < -0.4 is 10.2 Å². The second kappa shape index (κ2) is 16.2. The fraction of sp³-hybridized carbons (Fsp3) is 0.405. The average Bonchev–Trinajstić information content (AvgIpc) is 3.55. The highest BCUT2D eigenvalue weighted by molar-refractivity contribution is 9.10. The number of H-pyrrole nitrogens is 1. The van der Waals surface area contributed by atoms with Crippen molar-refractivity contribution in [2.24, 2.45) is 5.92 Å². The van der Waals surface area contributed by atoms with Crippen molar-refractivity contribution < 1.29 is 4.74 Å². The summed E-state index contributed by atoms with van der Waals surface area (Å²) in [5.74, 6) is 2.35. The van der Waals surface area contributed by atoms with Crippen LogP contribution in [0.15, 0.2) is 77.3 Å². The van der Waals surface area contributed by atoms with Crippen LogP contribution in [0.5, 0.6) is 5.75 Å². The number of halogens is 1. The molecule has 0 saturated carbocycles. The molecule has 47 heavy (non-hydrogen) atoms. The molecule has 6 rings (SSSR count). The number of nitrogens with zero attached hydrogens (tertiary/aromatic N) is 1. The second-order valence-corrected chi connectivity index (χ2v) is 14.3. The third kappa shape index (κ3) is 7.72. The zero-order valence-electron chi connectivity index (χ0n) is 28.5. The van der Waals surface area contributed by atoms with Crippen LogP contribution in [-0.4, -0.2) is 23.9 Å². The molecule has 0 aliphatic heterocycles. The predicted molar refractivity (Wildman–Crippen MR) is 209 cm³/mol. The fourth-order valence-electron chi connectivity index (χ4n) is 7.22. The molecule has 0 aliphatic carbocycles. The number of hydrogen-bond donors (Lipinski definition) is 1. The molecule has 3 nitrogen and oxygen atoms in total. The predicted octanol–water partition coefficient (Wildman–Crippen LogP) is 12.5. The van der Waals surface area contributed by atoms with Gasteiger partial charge in [-0.15, -0.1) is 0 Å². The minimum Gasteiger partial charge on any atom is -0.493 e. The van der Waals surface area contributed by atoms with Crippen LogP contribution in [0.25, 0.3) is 54.7 Å². The molecule has 1 N–H and O–H groups in total. The van der Waals surface area contributed by atoms with Gasteiger partial charge in [0.2, 0.25) is 0 Å². The molecular weight excluding hydrogens is 639 g/mol. The molecule has 5 aromatic carbocycles. The van der Waals surface area contributed by atoms with E-state index in [0.29, 0.717) is 5.92 Å². The van der Waals surface area contributed by atoms with Crippen LogP contribution in [0.1, 0.15) is 90.9 Å². The highest BCUT2D eigenvalue weighted by atomic mass is 79.9. The zero-order chi connectivity index (χ0) is 32.6. The van der Waals surface area contributed by atoms with Gasteiger partial charge in [0.15, 0.2) is 0 Å². The molecule has 243 valence electrons. The highest BCUT2D eigenvalue weighted by Gasteiger charge is 2.20. The van der Waals surface area contributed by atoms with Crippen molar-refractivity contribution in [3.63, 3.8) is 0 Å². The molecule has 1 unspecified atom stereocenters. The Morgan fingerprint density at radius 2 is 1.43 bits per heavy atom. The van der Waals surface area contributed by atoms with E-state index in [1.54, 1.807) is 0 Å². The van der Waals surface area contributed by atoms with E-state index in [9.17, 15) is 0 Å². The summed E-state index contributed by atoms with van der Waals surface area (Å²) in [7, 11) is 2.16. The molecule has 0 saturated heterocycles. The van der Waals surface area contributed by atoms with Gasteiger partial charge in [0.1, 0.15) is 18.9 Å². The first-order chi connectivity index (χ1) is 23.1. The first kappa shape index (κ1) is 33.6. The van der Waals surface area contributed by atoms with Crippen LogP contribution >= 0.6 is 15.9 Å². The van der Waals surface area contributed by atoms with E-state index in [0.717, 1.165) is 44.6 Å². The van der Waals surface area contributed by atoms with Crippen LogP contribution in [0, 0.1) is 5.92 Å². The fourth-order valence-corrected chi connectivity index (χ4v) is 7.58. The quantitative estimate of drug-likeness (QED) is 0.0588. The molecule has 1 radical (unpaired) electrons. The minimum atomic E-state index is 0.571. The van der Waals surface area contributed by atoms with Crippen molar-refractivity contribution in [2.75, 3.05) is 6.61 Å². The number of aromatic amines is 1. The molecule has 1 aromatic heterocycles. The van der Waals surface area contributed by atoms with Crippen molar-refractivity contribution in [3.05, 3.63) is 77.3 Å². The summed E-state index contributed by atoms with van der Waals surface area (Å²) in [6.45, 7) is 7.43. The van der Waals surface area contributed by atoms with Gasteiger partial charge in [-0.2, -0.15) is 0 Å². The van der Waals surface area contributed by atoms with Crippen LogP contribution in [-0.2, 0) is 0 Å². The first-order valence-electron chi connectivity index (χ1n) is 18.1. The van der Waals surface area contributed by atoms with E-state index in [1.165, 1.54) is 109 Å². The number of hydrogen-bond acceptors (Lipinski definition) is 2. The van der Waals surface area contributed by atoms with Crippen LogP contribution in [0.4, 0.5) is 0 Å². The van der Waals surface area contributed by atoms with Gasteiger partial charge in [-0.05, 0) is 58.5 Å². The Bertz CT molecular complexity index is 1950. The highest BCUT2D eigenvalue weighted by Crippen LogP contribution is 2.41. The summed E-state index contributed by atoms with van der Waals surface area (Å²) in [6.07, 6.45) is 15.7. The maximum Gasteiger partial charge on any atom is 0.148 e. The summed E-state index contributed by atoms with van der Waals surface area (Å²) < 4.78 is 7.93. The van der Waals surface area contributed by atoms with E-state index in [1.807, 2.05) is 0 Å². The van der Waals surface area contributed by atoms with Gasteiger partial charge in [0.05, 0.1) is 23.2 Å². The second-order valence-electron chi connectivity index (χ2n) is 13.3. The van der Waals surface area contributed by atoms with Crippen LogP contribution in [0.3, 0.4) is 0 Å².